The first-order valence-corrected chi connectivity index (χ1v) is 5.04. The van der Waals surface area contributed by atoms with Crippen LogP contribution in [0.4, 0.5) is 5.69 Å². The minimum Gasteiger partial charge on any atom is -0.478 e. The van der Waals surface area contributed by atoms with Gasteiger partial charge in [-0.05, 0) is 24.3 Å². The molecule has 92 valence electrons. The van der Waals surface area contributed by atoms with Crippen LogP contribution >= 0.6 is 0 Å². The van der Waals surface area contributed by atoms with Gasteiger partial charge in [0, 0.05) is 12.2 Å². The summed E-state index contributed by atoms with van der Waals surface area (Å²) >= 11 is 0. The van der Waals surface area contributed by atoms with E-state index >= 15 is 0 Å². The third-order valence-corrected chi connectivity index (χ3v) is 1.91. The molecule has 0 heterocycles. The van der Waals surface area contributed by atoms with E-state index in [-0.39, 0.29) is 18.1 Å². The molecule has 0 spiro atoms. The molecule has 0 aliphatic heterocycles. The average molecular weight is 238 g/mol. The molecule has 0 atom stereocenters. The van der Waals surface area contributed by atoms with Crippen molar-refractivity contribution in [2.75, 3.05) is 25.1 Å². The topological polar surface area (TPSA) is 102 Å². The Morgan fingerprint density at radius 3 is 2.47 bits per heavy atom. The number of anilines is 1. The maximum absolute atomic E-state index is 11.3. The first-order valence-electron chi connectivity index (χ1n) is 5.04. The molecule has 17 heavy (non-hydrogen) atoms. The van der Waals surface area contributed by atoms with Gasteiger partial charge in [0.25, 0.3) is 0 Å². The molecule has 1 aromatic rings. The molecule has 1 rings (SSSR count). The highest BCUT2D eigenvalue weighted by Crippen LogP contribution is 2.09. The van der Waals surface area contributed by atoms with Crippen LogP contribution < -0.4 is 11.1 Å². The largest absolute Gasteiger partial charge is 0.478 e. The van der Waals surface area contributed by atoms with Crippen molar-refractivity contribution in [1.82, 2.24) is 0 Å². The zero-order valence-corrected chi connectivity index (χ0v) is 9.18. The molecule has 1 amide bonds. The van der Waals surface area contributed by atoms with E-state index < -0.39 is 5.97 Å². The Morgan fingerprint density at radius 1 is 1.29 bits per heavy atom. The lowest BCUT2D eigenvalue weighted by molar-refractivity contribution is -0.120. The van der Waals surface area contributed by atoms with Gasteiger partial charge in [-0.3, -0.25) is 4.79 Å². The van der Waals surface area contributed by atoms with Gasteiger partial charge in [-0.15, -0.1) is 0 Å². The summed E-state index contributed by atoms with van der Waals surface area (Å²) in [5.74, 6) is -1.31. The number of aromatic carboxylic acids is 1. The Kier molecular flexibility index (Phi) is 5.12. The Labute approximate surface area is 98.4 Å². The fraction of sp³-hybridized carbons (Fsp3) is 0.273. The zero-order valence-electron chi connectivity index (χ0n) is 9.18. The molecule has 0 fully saturated rings. The van der Waals surface area contributed by atoms with E-state index in [9.17, 15) is 9.59 Å². The van der Waals surface area contributed by atoms with Crippen LogP contribution in [-0.4, -0.2) is 36.7 Å². The summed E-state index contributed by atoms with van der Waals surface area (Å²) in [5.41, 5.74) is 5.89. The molecule has 0 saturated carbocycles. The normalized spacial score (nSPS) is 9.94. The van der Waals surface area contributed by atoms with E-state index in [0.717, 1.165) is 0 Å². The number of benzene rings is 1. The predicted octanol–water partition coefficient (Wildman–Crippen LogP) is 0.299. The van der Waals surface area contributed by atoms with Crippen molar-refractivity contribution in [3.05, 3.63) is 29.8 Å². The quantitative estimate of drug-likeness (QED) is 0.618. The van der Waals surface area contributed by atoms with Crippen LogP contribution in [0.5, 0.6) is 0 Å². The molecule has 1 aromatic carbocycles. The van der Waals surface area contributed by atoms with Crippen molar-refractivity contribution in [2.45, 2.75) is 0 Å². The van der Waals surface area contributed by atoms with Gasteiger partial charge in [0.05, 0.1) is 12.2 Å². The van der Waals surface area contributed by atoms with Crippen molar-refractivity contribution in [3.63, 3.8) is 0 Å². The smallest absolute Gasteiger partial charge is 0.335 e. The molecule has 0 radical (unpaired) electrons. The van der Waals surface area contributed by atoms with Crippen LogP contribution in [0.2, 0.25) is 0 Å². The molecule has 0 bridgehead atoms. The van der Waals surface area contributed by atoms with E-state index in [1.807, 2.05) is 0 Å². The van der Waals surface area contributed by atoms with Crippen molar-refractivity contribution in [3.8, 4) is 0 Å². The zero-order chi connectivity index (χ0) is 12.7. The van der Waals surface area contributed by atoms with E-state index in [4.69, 9.17) is 15.6 Å². The number of amides is 1. The Balaban J connectivity index is 2.46. The lowest BCUT2D eigenvalue weighted by atomic mass is 10.2. The number of carboxylic acid groups (broad SMARTS) is 1. The van der Waals surface area contributed by atoms with Crippen molar-refractivity contribution >= 4 is 17.6 Å². The number of carboxylic acids is 1. The monoisotopic (exact) mass is 238 g/mol. The van der Waals surface area contributed by atoms with Gasteiger partial charge in [0.2, 0.25) is 5.91 Å². The third kappa shape index (κ3) is 4.62. The van der Waals surface area contributed by atoms with Crippen LogP contribution in [0.15, 0.2) is 24.3 Å². The summed E-state index contributed by atoms with van der Waals surface area (Å²) in [7, 11) is 0. The molecule has 0 aliphatic rings. The van der Waals surface area contributed by atoms with Gasteiger partial charge in [-0.25, -0.2) is 4.79 Å². The van der Waals surface area contributed by atoms with Crippen LogP contribution in [0.25, 0.3) is 0 Å². The van der Waals surface area contributed by atoms with Gasteiger partial charge in [0.15, 0.2) is 0 Å². The number of hydrogen-bond donors (Lipinski definition) is 3. The van der Waals surface area contributed by atoms with Gasteiger partial charge in [0.1, 0.15) is 6.61 Å². The first kappa shape index (κ1) is 13.1. The number of ether oxygens (including phenoxy) is 1. The maximum Gasteiger partial charge on any atom is 0.335 e. The van der Waals surface area contributed by atoms with Crippen LogP contribution in [0.1, 0.15) is 10.4 Å². The minimum absolute atomic E-state index is 0.0715. The molecule has 6 nitrogen and oxygen atoms in total. The molecule has 0 aliphatic carbocycles. The predicted molar refractivity (Wildman–Crippen MR) is 61.9 cm³/mol. The van der Waals surface area contributed by atoms with Crippen LogP contribution in [0.3, 0.4) is 0 Å². The lowest BCUT2D eigenvalue weighted by Crippen LogP contribution is -2.20. The van der Waals surface area contributed by atoms with Crippen molar-refractivity contribution in [2.24, 2.45) is 5.73 Å². The summed E-state index contributed by atoms with van der Waals surface area (Å²) in [6.07, 6.45) is 0. The third-order valence-electron chi connectivity index (χ3n) is 1.91. The average Bonchev–Trinajstić information content (AvgIpc) is 2.30. The van der Waals surface area contributed by atoms with E-state index in [1.54, 1.807) is 0 Å². The number of rotatable bonds is 6. The van der Waals surface area contributed by atoms with E-state index in [1.165, 1.54) is 24.3 Å². The number of hydrogen-bond acceptors (Lipinski definition) is 4. The highest BCUT2D eigenvalue weighted by atomic mass is 16.5. The maximum atomic E-state index is 11.3. The van der Waals surface area contributed by atoms with Crippen LogP contribution in [-0.2, 0) is 9.53 Å². The SMILES string of the molecule is NCCOCC(=O)Nc1ccc(C(=O)O)cc1. The molecule has 4 N–H and O–H groups in total. The highest BCUT2D eigenvalue weighted by molar-refractivity contribution is 5.93. The summed E-state index contributed by atoms with van der Waals surface area (Å²) in [6.45, 7) is 0.615. The number of carbonyl (C=O) groups excluding carboxylic acids is 1. The molecule has 6 heteroatoms. The first-order chi connectivity index (χ1) is 8.13. The summed E-state index contributed by atoms with van der Waals surface area (Å²) in [4.78, 5) is 21.9. The number of nitrogens with one attached hydrogen (secondary N) is 1. The minimum atomic E-state index is -1.01. The fourth-order valence-electron chi connectivity index (χ4n) is 1.14. The molecule has 0 aromatic heterocycles. The Morgan fingerprint density at radius 2 is 1.94 bits per heavy atom. The molecular weight excluding hydrogens is 224 g/mol. The highest BCUT2D eigenvalue weighted by Gasteiger charge is 2.04. The summed E-state index contributed by atoms with van der Waals surface area (Å²) in [5, 5.41) is 11.3. The summed E-state index contributed by atoms with van der Waals surface area (Å²) in [6, 6.07) is 5.87. The second-order valence-corrected chi connectivity index (χ2v) is 3.27. The Hall–Kier alpha value is -1.92. The van der Waals surface area contributed by atoms with Gasteiger partial charge in [-0.2, -0.15) is 0 Å². The fourth-order valence-corrected chi connectivity index (χ4v) is 1.14. The van der Waals surface area contributed by atoms with Crippen molar-refractivity contribution < 1.29 is 19.4 Å². The summed E-state index contributed by atoms with van der Waals surface area (Å²) < 4.78 is 4.95. The standard InChI is InChI=1S/C11H14N2O4/c12-5-6-17-7-10(14)13-9-3-1-8(2-4-9)11(15)16/h1-4H,5-7,12H2,(H,13,14)(H,15,16). The van der Waals surface area contributed by atoms with E-state index in [0.29, 0.717) is 18.8 Å². The number of nitrogens with two attached hydrogens (primary N) is 1. The van der Waals surface area contributed by atoms with Gasteiger partial charge < -0.3 is 20.9 Å². The number of carbonyl (C=O) groups is 2. The second-order valence-electron chi connectivity index (χ2n) is 3.27. The van der Waals surface area contributed by atoms with Crippen LogP contribution in [0, 0.1) is 0 Å². The van der Waals surface area contributed by atoms with Gasteiger partial charge in [-0.1, -0.05) is 0 Å². The molecule has 0 saturated heterocycles. The van der Waals surface area contributed by atoms with Crippen molar-refractivity contribution in [1.29, 1.82) is 0 Å². The van der Waals surface area contributed by atoms with E-state index in [2.05, 4.69) is 5.32 Å². The second kappa shape index (κ2) is 6.62. The van der Waals surface area contributed by atoms with Gasteiger partial charge >= 0.3 is 5.97 Å². The lowest BCUT2D eigenvalue weighted by Gasteiger charge is -2.05. The molecular formula is C11H14N2O4. The molecule has 0 unspecified atom stereocenters. The Bertz CT molecular complexity index is 389.